The summed E-state index contributed by atoms with van der Waals surface area (Å²) in [6, 6.07) is -1.08. The van der Waals surface area contributed by atoms with Gasteiger partial charge in [-0.3, -0.25) is 14.4 Å². The molecule has 1 atom stereocenters. The first kappa shape index (κ1) is 72.8. The van der Waals surface area contributed by atoms with Crippen molar-refractivity contribution in [1.29, 1.82) is 0 Å². The maximum Gasteiger partial charge on any atom is 0.329 e. The van der Waals surface area contributed by atoms with E-state index in [2.05, 4.69) is 20.7 Å². The van der Waals surface area contributed by atoms with Gasteiger partial charge in [0.2, 0.25) is 11.8 Å². The van der Waals surface area contributed by atoms with E-state index >= 15 is 0 Å². The molecule has 0 aromatic carbocycles. The number of hydrogen-bond donors (Lipinski definition) is 2. The maximum atomic E-state index is 12.9. The summed E-state index contributed by atoms with van der Waals surface area (Å²) in [7, 11) is 0. The molecule has 0 bridgehead atoms. The highest BCUT2D eigenvalue weighted by Gasteiger charge is 2.28. The molecule has 0 aliphatic carbocycles. The van der Waals surface area contributed by atoms with Gasteiger partial charge in [-0.2, -0.15) is 0 Å². The van der Waals surface area contributed by atoms with Crippen LogP contribution in [0.25, 0.3) is 10.4 Å². The minimum Gasteiger partial charge on any atom is -0.460 e. The Morgan fingerprint density at radius 3 is 1.04 bits per heavy atom. The second kappa shape index (κ2) is 53.7. The van der Waals surface area contributed by atoms with Crippen LogP contribution in [0.1, 0.15) is 151 Å². The maximum absolute atomic E-state index is 12.9. The minimum atomic E-state index is -1.08. The molecule has 0 heterocycles. The average Bonchev–Trinajstić information content (AvgIpc) is 3.35. The lowest BCUT2D eigenvalue weighted by Crippen LogP contribution is -2.47. The summed E-state index contributed by atoms with van der Waals surface area (Å²) < 4.78 is 71.0. The monoisotopic (exact) mass is 1090 g/mol. The van der Waals surface area contributed by atoms with E-state index in [1.165, 1.54) is 51.4 Å². The molecule has 22 heteroatoms. The highest BCUT2D eigenvalue weighted by atomic mass is 16.6. The molecular formula is C54H103N5O17. The van der Waals surface area contributed by atoms with Crippen molar-refractivity contribution in [2.75, 3.05) is 158 Å². The molecular weight excluding hydrogens is 991 g/mol. The zero-order chi connectivity index (χ0) is 55.9. The summed E-state index contributed by atoms with van der Waals surface area (Å²) in [5, 5.41) is 8.86. The molecule has 0 saturated heterocycles. The fraction of sp³-hybridized carbons (Fsp3) is 0.926. The van der Waals surface area contributed by atoms with Crippen molar-refractivity contribution in [2.45, 2.75) is 168 Å². The Balaban J connectivity index is 3.69. The number of unbranched alkanes of at least 4 members (excludes halogenated alkanes) is 13. The van der Waals surface area contributed by atoms with Gasteiger partial charge in [0.15, 0.2) is 0 Å². The molecule has 76 heavy (non-hydrogen) atoms. The van der Waals surface area contributed by atoms with Gasteiger partial charge in [-0.1, -0.05) is 82.2 Å². The van der Waals surface area contributed by atoms with Crippen LogP contribution >= 0.6 is 0 Å². The molecule has 446 valence electrons. The number of carbonyl (C=O) groups excluding carboxylic acids is 4. The number of carbonyl (C=O) groups is 4. The molecule has 0 aromatic rings. The van der Waals surface area contributed by atoms with Crippen LogP contribution in [0.2, 0.25) is 0 Å². The van der Waals surface area contributed by atoms with Crippen LogP contribution in [0.4, 0.5) is 0 Å². The summed E-state index contributed by atoms with van der Waals surface area (Å²) in [5.74, 6) is -1.40. The largest absolute Gasteiger partial charge is 0.460 e. The van der Waals surface area contributed by atoms with E-state index in [0.29, 0.717) is 152 Å². The number of nitrogens with zero attached hydrogens (tertiary/aromatic N) is 3. The second-order valence-corrected chi connectivity index (χ2v) is 19.9. The number of hydrogen-bond acceptors (Lipinski definition) is 18. The lowest BCUT2D eigenvalue weighted by molar-refractivity contribution is -0.159. The minimum absolute atomic E-state index is 0.0998. The Morgan fingerprint density at radius 1 is 0.408 bits per heavy atom. The molecule has 0 aliphatic rings. The van der Waals surface area contributed by atoms with Crippen molar-refractivity contribution in [3.8, 4) is 0 Å². The van der Waals surface area contributed by atoms with E-state index in [1.807, 2.05) is 20.8 Å². The fourth-order valence-corrected chi connectivity index (χ4v) is 6.87. The summed E-state index contributed by atoms with van der Waals surface area (Å²) in [5.41, 5.74) is 7.00. The molecule has 22 nitrogen and oxygen atoms in total. The quantitative estimate of drug-likeness (QED) is 0.0198. The van der Waals surface area contributed by atoms with E-state index in [4.69, 9.17) is 67.1 Å². The van der Waals surface area contributed by atoms with Gasteiger partial charge in [0, 0.05) is 30.8 Å². The van der Waals surface area contributed by atoms with E-state index in [0.717, 1.165) is 38.5 Å². The zero-order valence-corrected chi connectivity index (χ0v) is 47.9. The Hall–Kier alpha value is -3.25. The molecule has 2 N–H and O–H groups in total. The number of azide groups is 1. The van der Waals surface area contributed by atoms with Gasteiger partial charge in [-0.05, 0) is 59.9 Å². The summed E-state index contributed by atoms with van der Waals surface area (Å²) in [6.45, 7) is 21.0. The highest BCUT2D eigenvalue weighted by molar-refractivity contribution is 5.89. The van der Waals surface area contributed by atoms with Crippen molar-refractivity contribution in [3.63, 3.8) is 0 Å². The summed E-state index contributed by atoms with van der Waals surface area (Å²) in [6.07, 6.45) is 16.2. The predicted molar refractivity (Wildman–Crippen MR) is 288 cm³/mol. The van der Waals surface area contributed by atoms with Crippen LogP contribution in [0.15, 0.2) is 5.11 Å². The normalized spacial score (nSPS) is 12.1. The number of rotatable bonds is 57. The molecule has 0 aromatic heterocycles. The van der Waals surface area contributed by atoms with Gasteiger partial charge in [-0.15, -0.1) is 0 Å². The van der Waals surface area contributed by atoms with Crippen LogP contribution < -0.4 is 10.6 Å². The van der Waals surface area contributed by atoms with Crippen molar-refractivity contribution in [3.05, 3.63) is 10.4 Å². The topological polar surface area (TPSA) is 261 Å². The number of nitrogens with one attached hydrogen (secondary N) is 2. The Morgan fingerprint density at radius 2 is 0.711 bits per heavy atom. The Bertz CT molecular complexity index is 1420. The van der Waals surface area contributed by atoms with Crippen molar-refractivity contribution >= 4 is 23.8 Å². The van der Waals surface area contributed by atoms with E-state index in [1.54, 1.807) is 20.8 Å². The first-order valence-electron chi connectivity index (χ1n) is 28.1. The first-order chi connectivity index (χ1) is 36.7. The van der Waals surface area contributed by atoms with Gasteiger partial charge < -0.3 is 72.2 Å². The molecule has 0 spiro atoms. The van der Waals surface area contributed by atoms with Gasteiger partial charge in [0.05, 0.1) is 152 Å². The highest BCUT2D eigenvalue weighted by Crippen LogP contribution is 2.16. The van der Waals surface area contributed by atoms with Crippen LogP contribution in [0.3, 0.4) is 0 Å². The summed E-state index contributed by atoms with van der Waals surface area (Å²) >= 11 is 0. The Kier molecular flexibility index (Phi) is 51.4. The van der Waals surface area contributed by atoms with E-state index < -0.39 is 23.2 Å². The van der Waals surface area contributed by atoms with Crippen molar-refractivity contribution < 1.29 is 80.8 Å². The molecule has 0 aliphatic heterocycles. The third kappa shape index (κ3) is 58.4. The number of amides is 2. The van der Waals surface area contributed by atoms with Crippen LogP contribution in [0.5, 0.6) is 0 Å². The third-order valence-corrected chi connectivity index (χ3v) is 10.6. The van der Waals surface area contributed by atoms with Crippen LogP contribution in [-0.4, -0.2) is 199 Å². The first-order valence-corrected chi connectivity index (χ1v) is 28.1. The van der Waals surface area contributed by atoms with Gasteiger partial charge in [0.25, 0.3) is 0 Å². The molecule has 0 fully saturated rings. The van der Waals surface area contributed by atoms with Crippen molar-refractivity contribution in [1.82, 2.24) is 10.6 Å². The zero-order valence-electron chi connectivity index (χ0n) is 47.9. The SMILES string of the molecule is CC(C)(C)OC(=O)CCCCCCCCCCCCCCCCC(=O)NC(CC(=O)NCCOCCOCCOCCOCCOCCOCCOCCOCCOCCOCCOCCN=[N+]=[N-])C(=O)OC(C)(C)C. The van der Waals surface area contributed by atoms with E-state index in [-0.39, 0.29) is 43.8 Å². The van der Waals surface area contributed by atoms with Gasteiger partial charge >= 0.3 is 11.9 Å². The number of ether oxygens (including phenoxy) is 13. The smallest absolute Gasteiger partial charge is 0.329 e. The molecule has 2 amide bonds. The predicted octanol–water partition coefficient (Wildman–Crippen LogP) is 7.40. The van der Waals surface area contributed by atoms with Crippen molar-refractivity contribution in [2.24, 2.45) is 5.11 Å². The average molecular weight is 1090 g/mol. The van der Waals surface area contributed by atoms with Crippen LogP contribution in [0, 0.1) is 0 Å². The van der Waals surface area contributed by atoms with Gasteiger partial charge in [-0.25, -0.2) is 4.79 Å². The van der Waals surface area contributed by atoms with Gasteiger partial charge in [0.1, 0.15) is 17.2 Å². The molecule has 0 rings (SSSR count). The number of esters is 2. The molecule has 0 saturated carbocycles. The van der Waals surface area contributed by atoms with E-state index in [9.17, 15) is 19.2 Å². The molecule has 0 radical (unpaired) electrons. The lowest BCUT2D eigenvalue weighted by atomic mass is 10.0. The summed E-state index contributed by atoms with van der Waals surface area (Å²) in [4.78, 5) is 52.9. The fourth-order valence-electron chi connectivity index (χ4n) is 6.87. The Labute approximate surface area is 455 Å². The standard InChI is InChI=1S/C54H103N5O17/c1-53(2,3)75-51(62)22-20-18-16-14-12-10-8-7-9-11-13-15-17-19-21-49(60)58-48(52(63)76-54(4,5)6)47-50(61)56-23-25-64-27-29-66-31-33-68-35-37-70-39-41-72-43-45-74-46-44-73-42-40-71-38-36-69-34-32-67-30-28-65-26-24-57-59-55/h48H,7-47H2,1-6H3,(H,56,61)(H,58,60). The lowest BCUT2D eigenvalue weighted by Gasteiger charge is -2.24. The van der Waals surface area contributed by atoms with Crippen LogP contribution in [-0.2, 0) is 80.8 Å². The second-order valence-electron chi connectivity index (χ2n) is 19.9. The molecule has 1 unspecified atom stereocenters. The third-order valence-electron chi connectivity index (χ3n) is 10.6.